The molecule has 0 saturated heterocycles. The average molecular weight is 801 g/mol. The SMILES string of the molecule is Cc1ccc(-c2ccc(N(c3ccc(-c4ccc(C)cc4)cc3)c3cc(N(c4ccc(-c5ccc(C)cc5)cc4)c4ccc(-c5ccc(C)cc5)cc4)c(C)cc3C)cc2)cc1. The van der Waals surface area contributed by atoms with E-state index in [1.807, 2.05) is 0 Å². The molecule has 62 heavy (non-hydrogen) atoms. The van der Waals surface area contributed by atoms with Crippen molar-refractivity contribution >= 4 is 34.1 Å². The Kier molecular flexibility index (Phi) is 11.2. The van der Waals surface area contributed by atoms with Gasteiger partial charge in [-0.25, -0.2) is 0 Å². The van der Waals surface area contributed by atoms with Crippen LogP contribution in [0.2, 0.25) is 0 Å². The Morgan fingerprint density at radius 1 is 0.210 bits per heavy atom. The van der Waals surface area contributed by atoms with Crippen molar-refractivity contribution in [2.45, 2.75) is 41.5 Å². The van der Waals surface area contributed by atoms with Crippen LogP contribution in [-0.4, -0.2) is 0 Å². The van der Waals surface area contributed by atoms with Gasteiger partial charge in [-0.1, -0.05) is 174 Å². The number of benzene rings is 9. The molecular weight excluding hydrogens is 749 g/mol. The Morgan fingerprint density at radius 3 is 0.581 bits per heavy atom. The molecule has 0 fully saturated rings. The van der Waals surface area contributed by atoms with Gasteiger partial charge in [0.1, 0.15) is 0 Å². The van der Waals surface area contributed by atoms with Crippen LogP contribution in [-0.2, 0) is 0 Å². The van der Waals surface area contributed by atoms with E-state index in [0.29, 0.717) is 0 Å². The summed E-state index contributed by atoms with van der Waals surface area (Å²) in [5.41, 5.74) is 23.7. The fourth-order valence-electron chi connectivity index (χ4n) is 8.36. The lowest BCUT2D eigenvalue weighted by molar-refractivity contribution is 1.20. The minimum Gasteiger partial charge on any atom is -0.310 e. The second-order valence-corrected chi connectivity index (χ2v) is 16.7. The van der Waals surface area contributed by atoms with Crippen molar-refractivity contribution in [3.05, 3.63) is 240 Å². The Hall–Kier alpha value is -7.42. The van der Waals surface area contributed by atoms with E-state index >= 15 is 0 Å². The maximum atomic E-state index is 2.41. The highest BCUT2D eigenvalue weighted by molar-refractivity contribution is 5.88. The lowest BCUT2D eigenvalue weighted by Gasteiger charge is -2.32. The van der Waals surface area contributed by atoms with Crippen LogP contribution in [0.25, 0.3) is 44.5 Å². The van der Waals surface area contributed by atoms with E-state index < -0.39 is 0 Å². The first-order valence-electron chi connectivity index (χ1n) is 21.6. The second-order valence-electron chi connectivity index (χ2n) is 16.7. The second kappa shape index (κ2) is 17.3. The lowest BCUT2D eigenvalue weighted by Crippen LogP contribution is -2.15. The predicted octanol–water partition coefficient (Wildman–Crippen LogP) is 17.1. The molecule has 0 saturated carbocycles. The topological polar surface area (TPSA) is 6.48 Å². The molecule has 0 unspecified atom stereocenters. The summed E-state index contributed by atoms with van der Waals surface area (Å²) < 4.78 is 0. The van der Waals surface area contributed by atoms with Crippen LogP contribution in [0.1, 0.15) is 33.4 Å². The van der Waals surface area contributed by atoms with Crippen molar-refractivity contribution in [1.29, 1.82) is 0 Å². The molecule has 0 aromatic heterocycles. The van der Waals surface area contributed by atoms with E-state index in [4.69, 9.17) is 0 Å². The molecule has 0 aliphatic carbocycles. The van der Waals surface area contributed by atoms with Crippen molar-refractivity contribution in [3.63, 3.8) is 0 Å². The summed E-state index contributed by atoms with van der Waals surface area (Å²) in [6.07, 6.45) is 0. The molecule has 9 aromatic carbocycles. The first-order chi connectivity index (χ1) is 30.2. The molecular formula is C60H52N2. The Balaban J connectivity index is 1.18. The van der Waals surface area contributed by atoms with Crippen molar-refractivity contribution < 1.29 is 0 Å². The molecule has 9 rings (SSSR count). The smallest absolute Gasteiger partial charge is 0.0511 e. The highest BCUT2D eigenvalue weighted by Gasteiger charge is 2.22. The number of anilines is 6. The molecule has 0 amide bonds. The zero-order chi connectivity index (χ0) is 42.7. The summed E-state index contributed by atoms with van der Waals surface area (Å²) in [4.78, 5) is 4.82. The molecule has 0 aliphatic rings. The van der Waals surface area contributed by atoms with Gasteiger partial charge in [-0.05, 0) is 152 Å². The maximum Gasteiger partial charge on any atom is 0.0511 e. The molecule has 0 atom stereocenters. The van der Waals surface area contributed by atoms with Crippen LogP contribution in [0.3, 0.4) is 0 Å². The van der Waals surface area contributed by atoms with Crippen LogP contribution in [0.5, 0.6) is 0 Å². The molecule has 0 aliphatic heterocycles. The number of nitrogens with zero attached hydrogens (tertiary/aromatic N) is 2. The van der Waals surface area contributed by atoms with E-state index in [2.05, 4.69) is 258 Å². The third-order valence-corrected chi connectivity index (χ3v) is 12.0. The first kappa shape index (κ1) is 40.0. The molecule has 0 bridgehead atoms. The Labute approximate surface area is 368 Å². The number of hydrogen-bond donors (Lipinski definition) is 0. The van der Waals surface area contributed by atoms with Gasteiger partial charge in [0.25, 0.3) is 0 Å². The highest BCUT2D eigenvalue weighted by atomic mass is 15.2. The predicted molar refractivity (Wildman–Crippen MR) is 266 cm³/mol. The van der Waals surface area contributed by atoms with Crippen LogP contribution in [0.15, 0.2) is 206 Å². The zero-order valence-corrected chi connectivity index (χ0v) is 36.5. The summed E-state index contributed by atoms with van der Waals surface area (Å²) in [6.45, 7) is 13.0. The Bertz CT molecular complexity index is 2540. The van der Waals surface area contributed by atoms with Gasteiger partial charge in [0.2, 0.25) is 0 Å². The Morgan fingerprint density at radius 2 is 0.387 bits per heavy atom. The summed E-state index contributed by atoms with van der Waals surface area (Å²) in [5.74, 6) is 0. The monoisotopic (exact) mass is 800 g/mol. The standard InChI is InChI=1S/C60H52N2/c1-41-7-15-47(16-8-41)51-23-31-55(32-24-51)61(56-33-25-52(26-34-56)48-17-9-42(2)10-18-48)59-40-60(46(6)39-45(59)5)62(57-35-27-53(28-36-57)49-19-11-43(3)12-20-49)58-37-29-54(30-38-58)50-21-13-44(4)14-22-50/h7-40H,1-6H3. The first-order valence-corrected chi connectivity index (χ1v) is 21.6. The normalized spacial score (nSPS) is 11.1. The third-order valence-electron chi connectivity index (χ3n) is 12.0. The van der Waals surface area contributed by atoms with Gasteiger partial charge in [0.15, 0.2) is 0 Å². The minimum atomic E-state index is 1.10. The van der Waals surface area contributed by atoms with Crippen molar-refractivity contribution in [3.8, 4) is 44.5 Å². The number of hydrogen-bond acceptors (Lipinski definition) is 2. The van der Waals surface area contributed by atoms with Crippen molar-refractivity contribution in [2.75, 3.05) is 9.80 Å². The van der Waals surface area contributed by atoms with Crippen molar-refractivity contribution in [2.24, 2.45) is 0 Å². The van der Waals surface area contributed by atoms with Crippen molar-refractivity contribution in [1.82, 2.24) is 0 Å². The van der Waals surface area contributed by atoms with Gasteiger partial charge in [-0.2, -0.15) is 0 Å². The van der Waals surface area contributed by atoms with Gasteiger partial charge >= 0.3 is 0 Å². The van der Waals surface area contributed by atoms with E-state index in [0.717, 1.165) is 34.1 Å². The van der Waals surface area contributed by atoms with Crippen LogP contribution in [0, 0.1) is 41.5 Å². The summed E-state index contributed by atoms with van der Waals surface area (Å²) in [5, 5.41) is 0. The fourth-order valence-corrected chi connectivity index (χ4v) is 8.36. The molecule has 0 radical (unpaired) electrons. The quantitative estimate of drug-likeness (QED) is 0.136. The molecule has 302 valence electrons. The third kappa shape index (κ3) is 8.46. The van der Waals surface area contributed by atoms with Crippen LogP contribution in [0.4, 0.5) is 34.1 Å². The van der Waals surface area contributed by atoms with Gasteiger partial charge < -0.3 is 9.80 Å². The van der Waals surface area contributed by atoms with E-state index in [1.165, 1.54) is 77.9 Å². The van der Waals surface area contributed by atoms with Crippen LogP contribution >= 0.6 is 0 Å². The molecule has 0 spiro atoms. The largest absolute Gasteiger partial charge is 0.310 e. The zero-order valence-electron chi connectivity index (χ0n) is 36.5. The van der Waals surface area contributed by atoms with Gasteiger partial charge in [0.05, 0.1) is 11.4 Å². The van der Waals surface area contributed by atoms with Gasteiger partial charge in [0, 0.05) is 22.7 Å². The summed E-state index contributed by atoms with van der Waals surface area (Å²) in [7, 11) is 0. The maximum absolute atomic E-state index is 2.41. The number of aryl methyl sites for hydroxylation is 6. The molecule has 2 heteroatoms. The molecule has 9 aromatic rings. The fraction of sp³-hybridized carbons (Fsp3) is 0.100. The van der Waals surface area contributed by atoms with E-state index in [1.54, 1.807) is 0 Å². The van der Waals surface area contributed by atoms with E-state index in [-0.39, 0.29) is 0 Å². The van der Waals surface area contributed by atoms with E-state index in [9.17, 15) is 0 Å². The van der Waals surface area contributed by atoms with Gasteiger partial charge in [-0.15, -0.1) is 0 Å². The highest BCUT2D eigenvalue weighted by Crippen LogP contribution is 2.45. The minimum absolute atomic E-state index is 1.10. The molecule has 0 heterocycles. The average Bonchev–Trinajstić information content (AvgIpc) is 3.30. The summed E-state index contributed by atoms with van der Waals surface area (Å²) in [6, 6.07) is 75.8. The number of rotatable bonds is 10. The van der Waals surface area contributed by atoms with Crippen LogP contribution < -0.4 is 9.80 Å². The molecule has 2 nitrogen and oxygen atoms in total. The van der Waals surface area contributed by atoms with Gasteiger partial charge in [-0.3, -0.25) is 0 Å². The summed E-state index contributed by atoms with van der Waals surface area (Å²) >= 11 is 0. The lowest BCUT2D eigenvalue weighted by atomic mass is 10.00. The molecule has 0 N–H and O–H groups in total.